The second-order valence-electron chi connectivity index (χ2n) is 5.44. The number of amides is 1. The summed E-state index contributed by atoms with van der Waals surface area (Å²) in [6.45, 7) is 3.94. The fraction of sp³-hybridized carbons (Fsp3) is 0.500. The minimum atomic E-state index is -0.442. The van der Waals surface area contributed by atoms with Crippen molar-refractivity contribution >= 4 is 17.3 Å². The second kappa shape index (κ2) is 6.11. The Labute approximate surface area is 119 Å². The lowest BCUT2D eigenvalue weighted by Gasteiger charge is -2.38. The van der Waals surface area contributed by atoms with E-state index in [0.29, 0.717) is 17.3 Å². The molecule has 1 amide bonds. The van der Waals surface area contributed by atoms with Crippen LogP contribution in [0.2, 0.25) is 0 Å². The van der Waals surface area contributed by atoms with Crippen molar-refractivity contribution < 1.29 is 4.79 Å². The van der Waals surface area contributed by atoms with Gasteiger partial charge < -0.3 is 21.7 Å². The van der Waals surface area contributed by atoms with Crippen LogP contribution in [0.15, 0.2) is 18.2 Å². The van der Waals surface area contributed by atoms with Crippen LogP contribution in [-0.2, 0) is 0 Å². The lowest BCUT2D eigenvalue weighted by atomic mass is 10.1. The molecule has 5 N–H and O–H groups in total. The highest BCUT2D eigenvalue weighted by Gasteiger charge is 2.21. The van der Waals surface area contributed by atoms with Gasteiger partial charge in [0.25, 0.3) is 0 Å². The second-order valence-corrected chi connectivity index (χ2v) is 5.44. The molecular weight excluding hydrogens is 254 g/mol. The molecular formula is C14H23N5O. The van der Waals surface area contributed by atoms with Crippen LogP contribution in [0.4, 0.5) is 11.4 Å². The van der Waals surface area contributed by atoms with Crippen molar-refractivity contribution in [1.82, 2.24) is 9.80 Å². The molecule has 1 aromatic rings. The van der Waals surface area contributed by atoms with Crippen LogP contribution in [0, 0.1) is 0 Å². The molecule has 1 heterocycles. The molecule has 20 heavy (non-hydrogen) atoms. The number of rotatable bonds is 4. The topological polar surface area (TPSA) is 87.6 Å². The lowest BCUT2D eigenvalue weighted by Crippen LogP contribution is -2.52. The monoisotopic (exact) mass is 277 g/mol. The first-order chi connectivity index (χ1) is 9.47. The van der Waals surface area contributed by atoms with E-state index in [1.165, 1.54) is 0 Å². The number of hydrogen-bond donors (Lipinski definition) is 3. The number of primary amides is 1. The third-order valence-corrected chi connectivity index (χ3v) is 3.85. The van der Waals surface area contributed by atoms with E-state index >= 15 is 0 Å². The molecule has 2 rings (SSSR count). The summed E-state index contributed by atoms with van der Waals surface area (Å²) in [4.78, 5) is 15.9. The van der Waals surface area contributed by atoms with Crippen molar-refractivity contribution in [3.05, 3.63) is 23.8 Å². The normalized spacial score (nSPS) is 20.8. The van der Waals surface area contributed by atoms with E-state index in [1.54, 1.807) is 18.2 Å². The van der Waals surface area contributed by atoms with Gasteiger partial charge in [-0.25, -0.2) is 0 Å². The molecule has 1 aromatic carbocycles. The maximum absolute atomic E-state index is 11.2. The number of nitrogen functional groups attached to an aromatic ring is 1. The van der Waals surface area contributed by atoms with Gasteiger partial charge in [0.15, 0.2) is 0 Å². The Kier molecular flexibility index (Phi) is 4.46. The molecule has 1 aliphatic rings. The van der Waals surface area contributed by atoms with E-state index in [0.717, 1.165) is 31.9 Å². The van der Waals surface area contributed by atoms with Crippen LogP contribution in [0.5, 0.6) is 0 Å². The average molecular weight is 277 g/mol. The third kappa shape index (κ3) is 3.40. The average Bonchev–Trinajstić information content (AvgIpc) is 2.41. The molecule has 6 nitrogen and oxygen atoms in total. The van der Waals surface area contributed by atoms with Gasteiger partial charge in [-0.1, -0.05) is 0 Å². The third-order valence-electron chi connectivity index (χ3n) is 3.85. The van der Waals surface area contributed by atoms with Crippen molar-refractivity contribution in [2.24, 2.45) is 5.73 Å². The summed E-state index contributed by atoms with van der Waals surface area (Å²) in [5.41, 5.74) is 13.1. The molecule has 6 heteroatoms. The molecule has 0 aromatic heterocycles. The molecule has 0 spiro atoms. The molecule has 1 saturated heterocycles. The fourth-order valence-corrected chi connectivity index (χ4v) is 2.41. The number of likely N-dealkylation sites (N-methyl/N-ethyl adjacent to an activating group) is 2. The van der Waals surface area contributed by atoms with Crippen molar-refractivity contribution in [3.63, 3.8) is 0 Å². The number of anilines is 2. The van der Waals surface area contributed by atoms with E-state index in [2.05, 4.69) is 29.2 Å². The number of piperazine rings is 1. The zero-order valence-electron chi connectivity index (χ0n) is 12.1. The van der Waals surface area contributed by atoms with E-state index in [1.807, 2.05) is 0 Å². The van der Waals surface area contributed by atoms with Crippen molar-refractivity contribution in [3.8, 4) is 0 Å². The molecule has 0 saturated carbocycles. The fourth-order valence-electron chi connectivity index (χ4n) is 2.41. The Morgan fingerprint density at radius 3 is 2.85 bits per heavy atom. The highest BCUT2D eigenvalue weighted by Crippen LogP contribution is 2.20. The molecule has 110 valence electrons. The maximum atomic E-state index is 11.2. The van der Waals surface area contributed by atoms with Gasteiger partial charge in [-0.3, -0.25) is 9.69 Å². The highest BCUT2D eigenvalue weighted by molar-refractivity contribution is 5.94. The summed E-state index contributed by atoms with van der Waals surface area (Å²) in [5, 5.41) is 3.33. The minimum absolute atomic E-state index is 0.422. The van der Waals surface area contributed by atoms with E-state index in [-0.39, 0.29) is 0 Å². The first kappa shape index (κ1) is 14.6. The number of nitrogens with two attached hydrogens (primary N) is 2. The number of hydrogen-bond acceptors (Lipinski definition) is 5. The Morgan fingerprint density at radius 1 is 1.40 bits per heavy atom. The van der Waals surface area contributed by atoms with Crippen LogP contribution < -0.4 is 16.8 Å². The number of benzene rings is 1. The standard InChI is InChI=1S/C14H23N5O/c1-18-5-6-19(2)11(9-18)8-17-13-7-10(14(16)20)3-4-12(13)15/h3-4,7,11,17H,5-6,8-9,15H2,1-2H3,(H2,16,20). The Hall–Kier alpha value is -1.79. The van der Waals surface area contributed by atoms with Gasteiger partial charge in [0, 0.05) is 37.8 Å². The van der Waals surface area contributed by atoms with Crippen molar-refractivity contribution in [2.45, 2.75) is 6.04 Å². The minimum Gasteiger partial charge on any atom is -0.397 e. The Balaban J connectivity index is 2.02. The Morgan fingerprint density at radius 2 is 2.15 bits per heavy atom. The van der Waals surface area contributed by atoms with Crippen LogP contribution in [0.25, 0.3) is 0 Å². The Bertz CT molecular complexity index is 490. The summed E-state index contributed by atoms with van der Waals surface area (Å²) in [6.07, 6.45) is 0. The predicted molar refractivity (Wildman–Crippen MR) is 81.8 cm³/mol. The van der Waals surface area contributed by atoms with Gasteiger partial charge >= 0.3 is 0 Å². The van der Waals surface area contributed by atoms with Gasteiger partial charge in [-0.05, 0) is 32.3 Å². The van der Waals surface area contributed by atoms with Crippen molar-refractivity contribution in [1.29, 1.82) is 0 Å². The van der Waals surface area contributed by atoms with Gasteiger partial charge in [0.2, 0.25) is 5.91 Å². The molecule has 1 unspecified atom stereocenters. The molecule has 1 aliphatic heterocycles. The number of nitrogens with zero attached hydrogens (tertiary/aromatic N) is 2. The number of carbonyl (C=O) groups excluding carboxylic acids is 1. The smallest absolute Gasteiger partial charge is 0.248 e. The number of carbonyl (C=O) groups is 1. The van der Waals surface area contributed by atoms with Gasteiger partial charge in [0.1, 0.15) is 0 Å². The molecule has 0 radical (unpaired) electrons. The zero-order chi connectivity index (χ0) is 14.7. The SMILES string of the molecule is CN1CCN(C)C(CNc2cc(C(N)=O)ccc2N)C1. The van der Waals surface area contributed by atoms with E-state index in [4.69, 9.17) is 11.5 Å². The first-order valence-electron chi connectivity index (χ1n) is 6.79. The quantitative estimate of drug-likeness (QED) is 0.676. The van der Waals surface area contributed by atoms with Gasteiger partial charge in [-0.2, -0.15) is 0 Å². The van der Waals surface area contributed by atoms with Gasteiger partial charge in [-0.15, -0.1) is 0 Å². The lowest BCUT2D eigenvalue weighted by molar-refractivity contribution is 0.100. The summed E-state index contributed by atoms with van der Waals surface area (Å²) < 4.78 is 0. The van der Waals surface area contributed by atoms with Crippen LogP contribution in [0.1, 0.15) is 10.4 Å². The largest absolute Gasteiger partial charge is 0.397 e. The van der Waals surface area contributed by atoms with E-state index < -0.39 is 5.91 Å². The van der Waals surface area contributed by atoms with Crippen LogP contribution >= 0.6 is 0 Å². The predicted octanol–water partition coefficient (Wildman–Crippen LogP) is 0.0254. The summed E-state index contributed by atoms with van der Waals surface area (Å²) in [6, 6.07) is 5.48. The molecule has 1 atom stereocenters. The summed E-state index contributed by atoms with van der Waals surface area (Å²) in [7, 11) is 4.25. The highest BCUT2D eigenvalue weighted by atomic mass is 16.1. The summed E-state index contributed by atoms with van der Waals surface area (Å²) in [5.74, 6) is -0.442. The van der Waals surface area contributed by atoms with Gasteiger partial charge in [0.05, 0.1) is 11.4 Å². The molecule has 0 bridgehead atoms. The molecule has 1 fully saturated rings. The van der Waals surface area contributed by atoms with Crippen LogP contribution in [0.3, 0.4) is 0 Å². The molecule has 0 aliphatic carbocycles. The first-order valence-corrected chi connectivity index (χ1v) is 6.79. The van der Waals surface area contributed by atoms with Crippen molar-refractivity contribution in [2.75, 3.05) is 51.3 Å². The van der Waals surface area contributed by atoms with Crippen LogP contribution in [-0.4, -0.2) is 62.0 Å². The zero-order valence-corrected chi connectivity index (χ0v) is 12.1. The number of nitrogens with one attached hydrogen (secondary N) is 1. The van der Waals surface area contributed by atoms with E-state index in [9.17, 15) is 4.79 Å². The maximum Gasteiger partial charge on any atom is 0.248 e. The summed E-state index contributed by atoms with van der Waals surface area (Å²) >= 11 is 0.